The van der Waals surface area contributed by atoms with Crippen LogP contribution < -0.4 is 5.73 Å². The van der Waals surface area contributed by atoms with Gasteiger partial charge in [-0.3, -0.25) is 4.90 Å². The van der Waals surface area contributed by atoms with Gasteiger partial charge in [-0.1, -0.05) is 25.9 Å². The van der Waals surface area contributed by atoms with Gasteiger partial charge in [0, 0.05) is 6.04 Å². The van der Waals surface area contributed by atoms with Crippen molar-refractivity contribution in [3.8, 4) is 0 Å². The first-order valence-corrected chi connectivity index (χ1v) is 6.77. The maximum atomic E-state index is 8.69. The highest BCUT2D eigenvalue weighted by molar-refractivity contribution is 5.81. The van der Waals surface area contributed by atoms with Gasteiger partial charge in [-0.25, -0.2) is 0 Å². The standard InChI is InChI=1S/C13H27N3O/c1-4-5-16(9-13(14)15-17)12-7-10(2)6-11(3)8-12/h10-12,17H,4-9H2,1-3H3,(H2,14,15). The Hall–Kier alpha value is -0.770. The Morgan fingerprint density at radius 3 is 2.35 bits per heavy atom. The highest BCUT2D eigenvalue weighted by atomic mass is 16.4. The van der Waals surface area contributed by atoms with Crippen molar-refractivity contribution in [3.05, 3.63) is 0 Å². The molecule has 0 aromatic heterocycles. The second kappa shape index (κ2) is 6.84. The predicted molar refractivity (Wildman–Crippen MR) is 71.2 cm³/mol. The van der Waals surface area contributed by atoms with Gasteiger partial charge in [-0.2, -0.15) is 0 Å². The third-order valence-electron chi connectivity index (χ3n) is 3.67. The number of nitrogens with two attached hydrogens (primary N) is 1. The van der Waals surface area contributed by atoms with Crippen LogP contribution in [0.5, 0.6) is 0 Å². The van der Waals surface area contributed by atoms with E-state index in [1.54, 1.807) is 0 Å². The molecule has 0 aromatic carbocycles. The molecule has 0 bridgehead atoms. The molecule has 0 heterocycles. The molecular formula is C13H27N3O. The molecule has 1 saturated carbocycles. The molecule has 4 nitrogen and oxygen atoms in total. The minimum Gasteiger partial charge on any atom is -0.409 e. The van der Waals surface area contributed by atoms with E-state index >= 15 is 0 Å². The number of amidine groups is 1. The van der Waals surface area contributed by atoms with Gasteiger partial charge in [0.25, 0.3) is 0 Å². The molecule has 1 aliphatic carbocycles. The summed E-state index contributed by atoms with van der Waals surface area (Å²) in [4.78, 5) is 2.38. The Bertz CT molecular complexity index is 245. The molecule has 2 unspecified atom stereocenters. The fourth-order valence-corrected chi connectivity index (χ4v) is 3.12. The monoisotopic (exact) mass is 241 g/mol. The molecule has 0 aliphatic heterocycles. The summed E-state index contributed by atoms with van der Waals surface area (Å²) < 4.78 is 0. The van der Waals surface area contributed by atoms with Crippen molar-refractivity contribution in [1.29, 1.82) is 0 Å². The number of hydrogen-bond acceptors (Lipinski definition) is 3. The zero-order valence-corrected chi connectivity index (χ0v) is 11.4. The third kappa shape index (κ3) is 4.54. The molecule has 0 saturated heterocycles. The molecule has 3 N–H and O–H groups in total. The summed E-state index contributed by atoms with van der Waals surface area (Å²) >= 11 is 0. The van der Waals surface area contributed by atoms with E-state index in [0.717, 1.165) is 24.8 Å². The maximum Gasteiger partial charge on any atom is 0.153 e. The van der Waals surface area contributed by atoms with Crippen LogP contribution >= 0.6 is 0 Å². The normalized spacial score (nSPS) is 30.8. The van der Waals surface area contributed by atoms with Crippen LogP contribution in [0.1, 0.15) is 46.5 Å². The molecule has 1 aliphatic rings. The molecule has 0 spiro atoms. The van der Waals surface area contributed by atoms with Gasteiger partial charge >= 0.3 is 0 Å². The highest BCUT2D eigenvalue weighted by Gasteiger charge is 2.28. The van der Waals surface area contributed by atoms with Gasteiger partial charge in [-0.15, -0.1) is 0 Å². The van der Waals surface area contributed by atoms with Gasteiger partial charge in [0.15, 0.2) is 5.84 Å². The van der Waals surface area contributed by atoms with Crippen LogP contribution in [0.2, 0.25) is 0 Å². The van der Waals surface area contributed by atoms with Crippen molar-refractivity contribution >= 4 is 5.84 Å². The lowest BCUT2D eigenvalue weighted by Crippen LogP contribution is -2.45. The summed E-state index contributed by atoms with van der Waals surface area (Å²) in [5, 5.41) is 11.8. The molecule has 2 atom stereocenters. The quantitative estimate of drug-likeness (QED) is 0.336. The lowest BCUT2D eigenvalue weighted by molar-refractivity contribution is 0.123. The van der Waals surface area contributed by atoms with Gasteiger partial charge in [-0.05, 0) is 44.1 Å². The molecular weight excluding hydrogens is 214 g/mol. The Morgan fingerprint density at radius 2 is 1.88 bits per heavy atom. The van der Waals surface area contributed by atoms with Crippen LogP contribution in [0.4, 0.5) is 0 Å². The average Bonchev–Trinajstić information content (AvgIpc) is 2.27. The molecule has 17 heavy (non-hydrogen) atoms. The Kier molecular flexibility index (Phi) is 5.75. The fraction of sp³-hybridized carbons (Fsp3) is 0.923. The lowest BCUT2D eigenvalue weighted by atomic mass is 9.79. The van der Waals surface area contributed by atoms with Gasteiger partial charge in [0.05, 0.1) is 6.54 Å². The van der Waals surface area contributed by atoms with Crippen LogP contribution in [0.3, 0.4) is 0 Å². The lowest BCUT2D eigenvalue weighted by Gasteiger charge is -2.39. The first kappa shape index (κ1) is 14.3. The van der Waals surface area contributed by atoms with Crippen molar-refractivity contribution in [2.75, 3.05) is 13.1 Å². The maximum absolute atomic E-state index is 8.69. The SMILES string of the molecule is CCCN(CC(N)=NO)C1CC(C)CC(C)C1. The topological polar surface area (TPSA) is 61.8 Å². The Balaban J connectivity index is 2.62. The number of rotatable bonds is 5. The van der Waals surface area contributed by atoms with Crippen LogP contribution in [0.15, 0.2) is 5.16 Å². The zero-order valence-electron chi connectivity index (χ0n) is 11.4. The van der Waals surface area contributed by atoms with Crippen molar-refractivity contribution in [2.24, 2.45) is 22.7 Å². The van der Waals surface area contributed by atoms with E-state index in [1.807, 2.05) is 0 Å². The molecule has 1 rings (SSSR count). The summed E-state index contributed by atoms with van der Waals surface area (Å²) in [5.74, 6) is 1.90. The fourth-order valence-electron chi connectivity index (χ4n) is 3.12. The number of nitrogens with zero attached hydrogens (tertiary/aromatic N) is 2. The molecule has 0 radical (unpaired) electrons. The molecule has 0 aromatic rings. The second-order valence-corrected chi connectivity index (χ2v) is 5.63. The van der Waals surface area contributed by atoms with Crippen molar-refractivity contribution < 1.29 is 5.21 Å². The number of hydrogen-bond donors (Lipinski definition) is 2. The van der Waals surface area contributed by atoms with Crippen molar-refractivity contribution in [3.63, 3.8) is 0 Å². The van der Waals surface area contributed by atoms with Crippen LogP contribution in [0, 0.1) is 11.8 Å². The van der Waals surface area contributed by atoms with Crippen molar-refractivity contribution in [2.45, 2.75) is 52.5 Å². The third-order valence-corrected chi connectivity index (χ3v) is 3.67. The molecule has 1 fully saturated rings. The smallest absolute Gasteiger partial charge is 0.153 e. The Morgan fingerprint density at radius 1 is 1.29 bits per heavy atom. The first-order valence-electron chi connectivity index (χ1n) is 6.77. The number of oxime groups is 1. The highest BCUT2D eigenvalue weighted by Crippen LogP contribution is 2.31. The van der Waals surface area contributed by atoms with E-state index in [9.17, 15) is 0 Å². The van der Waals surface area contributed by atoms with Crippen LogP contribution in [-0.4, -0.2) is 35.1 Å². The largest absolute Gasteiger partial charge is 0.409 e. The second-order valence-electron chi connectivity index (χ2n) is 5.63. The summed E-state index contributed by atoms with van der Waals surface area (Å²) in [6, 6.07) is 0.592. The summed E-state index contributed by atoms with van der Waals surface area (Å²) in [6.07, 6.45) is 4.92. The summed E-state index contributed by atoms with van der Waals surface area (Å²) in [5.41, 5.74) is 5.64. The van der Waals surface area contributed by atoms with Crippen molar-refractivity contribution in [1.82, 2.24) is 4.90 Å². The summed E-state index contributed by atoms with van der Waals surface area (Å²) in [6.45, 7) is 8.45. The van der Waals surface area contributed by atoms with E-state index < -0.39 is 0 Å². The van der Waals surface area contributed by atoms with Crippen LogP contribution in [-0.2, 0) is 0 Å². The minimum absolute atomic E-state index is 0.323. The summed E-state index contributed by atoms with van der Waals surface area (Å²) in [7, 11) is 0. The Labute approximate surface area is 105 Å². The predicted octanol–water partition coefficient (Wildman–Crippen LogP) is 2.27. The van der Waals surface area contributed by atoms with E-state index in [0.29, 0.717) is 18.4 Å². The van der Waals surface area contributed by atoms with Gasteiger partial charge in [0.2, 0.25) is 0 Å². The zero-order chi connectivity index (χ0) is 12.8. The van der Waals surface area contributed by atoms with E-state index in [4.69, 9.17) is 10.9 Å². The van der Waals surface area contributed by atoms with Crippen LogP contribution in [0.25, 0.3) is 0 Å². The average molecular weight is 241 g/mol. The molecule has 100 valence electrons. The minimum atomic E-state index is 0.323. The van der Waals surface area contributed by atoms with E-state index in [1.165, 1.54) is 19.3 Å². The van der Waals surface area contributed by atoms with E-state index in [-0.39, 0.29) is 0 Å². The first-order chi connectivity index (χ1) is 8.06. The molecule has 4 heteroatoms. The van der Waals surface area contributed by atoms with E-state index in [2.05, 4.69) is 30.8 Å². The van der Waals surface area contributed by atoms with Gasteiger partial charge < -0.3 is 10.9 Å². The molecule has 0 amide bonds. The van der Waals surface area contributed by atoms with Gasteiger partial charge in [0.1, 0.15) is 0 Å².